The zero-order valence-electron chi connectivity index (χ0n) is 18.3. The van der Waals surface area contributed by atoms with E-state index in [0.717, 1.165) is 37.8 Å². The van der Waals surface area contributed by atoms with Crippen LogP contribution in [0.3, 0.4) is 0 Å². The van der Waals surface area contributed by atoms with Crippen molar-refractivity contribution in [2.45, 2.75) is 104 Å². The second kappa shape index (κ2) is 13.2. The molecule has 1 rings (SSSR count). The third kappa shape index (κ3) is 8.98. The summed E-state index contributed by atoms with van der Waals surface area (Å²) in [6, 6.07) is 2.21. The molecule has 4 heteroatoms. The zero-order valence-corrected chi connectivity index (χ0v) is 18.3. The van der Waals surface area contributed by atoms with Crippen LogP contribution >= 0.6 is 0 Å². The minimum atomic E-state index is -1.39. The van der Waals surface area contributed by atoms with Gasteiger partial charge in [-0.15, -0.1) is 0 Å². The Morgan fingerprint density at radius 2 is 1.36 bits per heavy atom. The van der Waals surface area contributed by atoms with E-state index in [9.17, 15) is 13.2 Å². The lowest BCUT2D eigenvalue weighted by Crippen LogP contribution is -2.34. The number of unbranched alkanes of at least 4 members (excludes halogenated alkanes) is 6. The minimum absolute atomic E-state index is 0.160. The van der Waals surface area contributed by atoms with E-state index in [1.165, 1.54) is 38.5 Å². The molecule has 0 aliphatic heterocycles. The molecule has 1 nitrogen and oxygen atoms in total. The summed E-state index contributed by atoms with van der Waals surface area (Å²) in [6.07, 6.45) is 12.3. The van der Waals surface area contributed by atoms with Gasteiger partial charge in [-0.3, -0.25) is 0 Å². The van der Waals surface area contributed by atoms with Gasteiger partial charge in [0.25, 0.3) is 0 Å². The molecule has 0 saturated carbocycles. The molecule has 0 saturated heterocycles. The molecule has 28 heavy (non-hydrogen) atoms. The van der Waals surface area contributed by atoms with Crippen molar-refractivity contribution in [2.24, 2.45) is 5.92 Å². The van der Waals surface area contributed by atoms with Crippen LogP contribution in [-0.2, 0) is 11.2 Å². The molecule has 0 bridgehead atoms. The smallest absolute Gasteiger partial charge is 0.194 e. The van der Waals surface area contributed by atoms with Gasteiger partial charge < -0.3 is 4.74 Å². The summed E-state index contributed by atoms with van der Waals surface area (Å²) in [6.45, 7) is 9.30. The van der Waals surface area contributed by atoms with Crippen LogP contribution in [0.2, 0.25) is 0 Å². The average Bonchev–Trinajstić information content (AvgIpc) is 2.63. The summed E-state index contributed by atoms with van der Waals surface area (Å²) in [4.78, 5) is 0. The molecule has 0 radical (unpaired) electrons. The highest BCUT2D eigenvalue weighted by Crippen LogP contribution is 2.31. The lowest BCUT2D eigenvalue weighted by molar-refractivity contribution is -0.0605. The van der Waals surface area contributed by atoms with Crippen molar-refractivity contribution in [1.29, 1.82) is 0 Å². The Morgan fingerprint density at radius 1 is 0.821 bits per heavy atom. The minimum Gasteiger partial charge on any atom is -0.376 e. The summed E-state index contributed by atoms with van der Waals surface area (Å²) < 4.78 is 45.7. The number of hydrogen-bond acceptors (Lipinski definition) is 1. The van der Waals surface area contributed by atoms with Gasteiger partial charge in [-0.1, -0.05) is 51.9 Å². The van der Waals surface area contributed by atoms with Gasteiger partial charge in [0, 0.05) is 6.61 Å². The summed E-state index contributed by atoms with van der Waals surface area (Å²) in [7, 11) is 0. The second-order valence-electron chi connectivity index (χ2n) is 8.41. The molecule has 0 aliphatic carbocycles. The fourth-order valence-electron chi connectivity index (χ4n) is 3.97. The van der Waals surface area contributed by atoms with E-state index < -0.39 is 17.5 Å². The predicted molar refractivity (Wildman–Crippen MR) is 111 cm³/mol. The molecule has 1 atom stereocenters. The number of ether oxygens (including phenoxy) is 1. The van der Waals surface area contributed by atoms with Crippen LogP contribution < -0.4 is 0 Å². The van der Waals surface area contributed by atoms with Crippen LogP contribution in [0.4, 0.5) is 13.2 Å². The van der Waals surface area contributed by atoms with Crippen LogP contribution in [0.1, 0.15) is 97.5 Å². The van der Waals surface area contributed by atoms with Crippen molar-refractivity contribution < 1.29 is 17.9 Å². The lowest BCUT2D eigenvalue weighted by atomic mass is 9.82. The molecule has 0 amide bonds. The van der Waals surface area contributed by atoms with Crippen molar-refractivity contribution in [3.63, 3.8) is 0 Å². The molecular formula is C24H39F3O. The number of halogens is 3. The van der Waals surface area contributed by atoms with Gasteiger partial charge in [0.1, 0.15) is 0 Å². The normalized spacial score (nSPS) is 13.1. The summed E-state index contributed by atoms with van der Waals surface area (Å²) in [5.74, 6) is -3.12. The third-order valence-electron chi connectivity index (χ3n) is 5.72. The first kappa shape index (κ1) is 25.0. The Hall–Kier alpha value is -1.03. The van der Waals surface area contributed by atoms with Crippen LogP contribution in [0, 0.1) is 23.4 Å². The average molecular weight is 401 g/mol. The van der Waals surface area contributed by atoms with Crippen molar-refractivity contribution in [3.05, 3.63) is 35.1 Å². The van der Waals surface area contributed by atoms with Crippen LogP contribution in [0.5, 0.6) is 0 Å². The molecular weight excluding hydrogens is 361 g/mol. The number of aryl methyl sites for hydroxylation is 1. The van der Waals surface area contributed by atoms with Crippen molar-refractivity contribution in [1.82, 2.24) is 0 Å². The van der Waals surface area contributed by atoms with E-state index >= 15 is 0 Å². The quantitative estimate of drug-likeness (QED) is 0.214. The largest absolute Gasteiger partial charge is 0.376 e. The highest BCUT2D eigenvalue weighted by molar-refractivity contribution is 5.19. The molecule has 1 unspecified atom stereocenters. The predicted octanol–water partition coefficient (Wildman–Crippen LogP) is 8.00. The zero-order chi connectivity index (χ0) is 21.0. The van der Waals surface area contributed by atoms with Crippen LogP contribution in [-0.4, -0.2) is 12.2 Å². The first-order valence-electron chi connectivity index (χ1n) is 11.1. The van der Waals surface area contributed by atoms with E-state index in [-0.39, 0.29) is 5.60 Å². The number of rotatable bonds is 15. The molecule has 0 fully saturated rings. The van der Waals surface area contributed by atoms with Gasteiger partial charge in [-0.2, -0.15) is 0 Å². The van der Waals surface area contributed by atoms with Gasteiger partial charge in [0.05, 0.1) is 5.60 Å². The monoisotopic (exact) mass is 400 g/mol. The van der Waals surface area contributed by atoms with Gasteiger partial charge in [-0.05, 0) is 70.1 Å². The fraction of sp³-hybridized carbons (Fsp3) is 0.750. The first-order valence-corrected chi connectivity index (χ1v) is 11.1. The second-order valence-corrected chi connectivity index (χ2v) is 8.41. The van der Waals surface area contributed by atoms with Gasteiger partial charge >= 0.3 is 0 Å². The summed E-state index contributed by atoms with van der Waals surface area (Å²) in [5.41, 5.74) is 0.361. The maximum Gasteiger partial charge on any atom is 0.194 e. The Kier molecular flexibility index (Phi) is 11.8. The fourth-order valence-corrected chi connectivity index (χ4v) is 3.97. The summed E-state index contributed by atoms with van der Waals surface area (Å²) >= 11 is 0. The molecule has 1 aromatic carbocycles. The Bertz CT molecular complexity index is 534. The highest BCUT2D eigenvalue weighted by atomic mass is 19.2. The van der Waals surface area contributed by atoms with Gasteiger partial charge in [0.15, 0.2) is 17.5 Å². The topological polar surface area (TPSA) is 9.23 Å². The lowest BCUT2D eigenvalue weighted by Gasteiger charge is -2.34. The van der Waals surface area contributed by atoms with Crippen LogP contribution in [0.25, 0.3) is 0 Å². The molecule has 0 heterocycles. The van der Waals surface area contributed by atoms with Gasteiger partial charge in [0.2, 0.25) is 0 Å². The van der Waals surface area contributed by atoms with E-state index in [0.29, 0.717) is 24.5 Å². The Morgan fingerprint density at radius 3 is 1.93 bits per heavy atom. The molecule has 1 aromatic rings. The van der Waals surface area contributed by atoms with E-state index in [1.54, 1.807) is 0 Å². The van der Waals surface area contributed by atoms with Crippen molar-refractivity contribution >= 4 is 0 Å². The van der Waals surface area contributed by atoms with Gasteiger partial charge in [-0.25, -0.2) is 13.2 Å². The SMILES string of the molecule is CCCCCCCCC(CCCCc1cc(F)c(F)c(F)c1)C(C)(C)OCC. The molecule has 162 valence electrons. The number of benzene rings is 1. The Balaban J connectivity index is 2.47. The third-order valence-corrected chi connectivity index (χ3v) is 5.72. The maximum absolute atomic E-state index is 13.3. The van der Waals surface area contributed by atoms with E-state index in [4.69, 9.17) is 4.74 Å². The molecule has 0 aliphatic rings. The maximum atomic E-state index is 13.3. The van der Waals surface area contributed by atoms with E-state index in [1.807, 2.05) is 6.92 Å². The first-order chi connectivity index (χ1) is 13.3. The van der Waals surface area contributed by atoms with Crippen LogP contribution in [0.15, 0.2) is 12.1 Å². The van der Waals surface area contributed by atoms with Crippen molar-refractivity contribution in [3.8, 4) is 0 Å². The number of hydrogen-bond donors (Lipinski definition) is 0. The molecule has 0 aromatic heterocycles. The van der Waals surface area contributed by atoms with E-state index in [2.05, 4.69) is 20.8 Å². The van der Waals surface area contributed by atoms with Crippen molar-refractivity contribution in [2.75, 3.05) is 6.61 Å². The summed E-state index contributed by atoms with van der Waals surface area (Å²) in [5, 5.41) is 0. The molecule has 0 spiro atoms. The standard InChI is InChI=1S/C24H39F3O/c1-5-7-8-9-10-11-15-20(24(3,4)28-6-2)16-13-12-14-19-17-21(25)23(27)22(26)18-19/h17-18,20H,5-16H2,1-4H3. The Labute approximate surface area is 170 Å². The molecule has 0 N–H and O–H groups in total. The highest BCUT2D eigenvalue weighted by Gasteiger charge is 2.29.